The van der Waals surface area contributed by atoms with Gasteiger partial charge in [0.05, 0.1) is 42.8 Å². The smallest absolute Gasteiger partial charge is 0.407 e. The summed E-state index contributed by atoms with van der Waals surface area (Å²) in [7, 11) is -1.14. The van der Waals surface area contributed by atoms with E-state index in [4.69, 9.17) is 18.3 Å². The van der Waals surface area contributed by atoms with Gasteiger partial charge < -0.3 is 28.9 Å². The van der Waals surface area contributed by atoms with Crippen LogP contribution in [-0.2, 0) is 14.8 Å². The number of sulfonamides is 1. The van der Waals surface area contributed by atoms with Crippen molar-refractivity contribution < 1.29 is 45.1 Å². The lowest BCUT2D eigenvalue weighted by molar-refractivity contribution is 0.0964. The summed E-state index contributed by atoms with van der Waals surface area (Å²) in [4.78, 5) is 29.6. The number of carbonyl (C=O) groups excluding carboxylic acids is 2. The summed E-state index contributed by atoms with van der Waals surface area (Å²) in [6.45, 7) is -0.274. The van der Waals surface area contributed by atoms with Crippen LogP contribution in [0.15, 0.2) is 81.6 Å². The van der Waals surface area contributed by atoms with Crippen LogP contribution in [0.2, 0.25) is 0 Å². The van der Waals surface area contributed by atoms with Gasteiger partial charge in [0, 0.05) is 29.6 Å². The van der Waals surface area contributed by atoms with Crippen molar-refractivity contribution in [3.63, 3.8) is 0 Å². The van der Waals surface area contributed by atoms with Gasteiger partial charge in [-0.25, -0.2) is 27.0 Å². The van der Waals surface area contributed by atoms with Crippen molar-refractivity contribution in [3.8, 4) is 39.7 Å². The first-order valence-electron chi connectivity index (χ1n) is 15.2. The predicted molar refractivity (Wildman–Crippen MR) is 180 cm³/mol. The number of nitrogens with one attached hydrogen (secondary N) is 2. The molecule has 2 aromatic heterocycles. The summed E-state index contributed by atoms with van der Waals surface area (Å²) in [5.41, 5.74) is 2.17. The highest BCUT2D eigenvalue weighted by Gasteiger charge is 2.32. The van der Waals surface area contributed by atoms with Crippen LogP contribution in [-0.4, -0.2) is 65.0 Å². The van der Waals surface area contributed by atoms with Gasteiger partial charge in [-0.2, -0.15) is 0 Å². The number of benzene rings is 4. The minimum Gasteiger partial charge on any atom is -0.496 e. The van der Waals surface area contributed by atoms with Crippen molar-refractivity contribution in [3.05, 3.63) is 90.0 Å². The number of hydrogen-bond donors (Lipinski definition) is 2. The van der Waals surface area contributed by atoms with Gasteiger partial charge in [0.25, 0.3) is 5.91 Å². The van der Waals surface area contributed by atoms with Crippen LogP contribution in [0, 0.1) is 11.6 Å². The van der Waals surface area contributed by atoms with Crippen LogP contribution in [0.5, 0.6) is 5.75 Å². The number of hydrogen-bond acceptors (Lipinski definition) is 9. The van der Waals surface area contributed by atoms with Crippen molar-refractivity contribution in [2.24, 2.45) is 0 Å². The van der Waals surface area contributed by atoms with E-state index in [0.717, 1.165) is 10.6 Å². The Morgan fingerprint density at radius 3 is 2.44 bits per heavy atom. The number of nitrogens with zero attached hydrogens (tertiary/aromatic N) is 2. The van der Waals surface area contributed by atoms with E-state index in [9.17, 15) is 26.8 Å². The number of carbonyl (C=O) groups is 2. The Morgan fingerprint density at radius 2 is 1.78 bits per heavy atom. The fourth-order valence-electron chi connectivity index (χ4n) is 5.93. The average molecular weight is 703 g/mol. The highest BCUT2D eigenvalue weighted by Crippen LogP contribution is 2.44. The van der Waals surface area contributed by atoms with E-state index in [1.165, 1.54) is 56.6 Å². The molecule has 1 fully saturated rings. The van der Waals surface area contributed by atoms with Crippen molar-refractivity contribution in [1.29, 1.82) is 0 Å². The van der Waals surface area contributed by atoms with E-state index < -0.39 is 39.7 Å². The topological polar surface area (TPSA) is 153 Å². The zero-order chi connectivity index (χ0) is 35.3. The van der Waals surface area contributed by atoms with E-state index in [1.807, 2.05) is 0 Å². The predicted octanol–water partition coefficient (Wildman–Crippen LogP) is 6.10. The largest absolute Gasteiger partial charge is 0.496 e. The van der Waals surface area contributed by atoms with Crippen LogP contribution in [0.25, 0.3) is 56.0 Å². The van der Waals surface area contributed by atoms with Crippen LogP contribution in [0.3, 0.4) is 0 Å². The van der Waals surface area contributed by atoms with Crippen LogP contribution < -0.4 is 19.7 Å². The molecule has 50 heavy (non-hydrogen) atoms. The molecule has 0 radical (unpaired) electrons. The molecule has 15 heteroatoms. The number of oxazole rings is 1. The molecule has 2 amide bonds. The Bertz CT molecular complexity index is 2430. The number of cyclic esters (lactones) is 1. The van der Waals surface area contributed by atoms with E-state index >= 15 is 0 Å². The third-order valence-electron chi connectivity index (χ3n) is 8.27. The number of amides is 2. The van der Waals surface area contributed by atoms with Crippen molar-refractivity contribution in [2.75, 3.05) is 37.9 Å². The van der Waals surface area contributed by atoms with Crippen LogP contribution in [0.1, 0.15) is 10.4 Å². The number of fused-ring (bicyclic) bond motifs is 2. The summed E-state index contributed by atoms with van der Waals surface area (Å²) in [6, 6.07) is 17.1. The Morgan fingerprint density at radius 1 is 1.02 bits per heavy atom. The number of alkyl carbamates (subject to hydrolysis) is 1. The molecule has 1 aliphatic heterocycles. The number of methoxy groups -OCH3 is 1. The molecular formula is C35H28F2N4O8S. The molecule has 256 valence electrons. The second-order valence-corrected chi connectivity index (χ2v) is 13.4. The zero-order valence-electron chi connectivity index (χ0n) is 26.7. The minimum absolute atomic E-state index is 0.0167. The molecule has 1 atom stereocenters. The maximum atomic E-state index is 14.6. The van der Waals surface area contributed by atoms with E-state index in [1.54, 1.807) is 30.3 Å². The summed E-state index contributed by atoms with van der Waals surface area (Å²) in [6.07, 6.45) is 0.339. The maximum absolute atomic E-state index is 14.6. The molecule has 7 rings (SSSR count). The Labute approximate surface area is 283 Å². The monoisotopic (exact) mass is 702 g/mol. The lowest BCUT2D eigenvalue weighted by Crippen LogP contribution is -2.42. The van der Waals surface area contributed by atoms with E-state index in [-0.39, 0.29) is 52.7 Å². The Balaban J connectivity index is 1.50. The zero-order valence-corrected chi connectivity index (χ0v) is 27.6. The summed E-state index contributed by atoms with van der Waals surface area (Å²) < 4.78 is 79.3. The molecule has 1 unspecified atom stereocenters. The molecule has 1 aliphatic rings. The van der Waals surface area contributed by atoms with Gasteiger partial charge in [-0.15, -0.1) is 0 Å². The third kappa shape index (κ3) is 5.85. The van der Waals surface area contributed by atoms with Crippen molar-refractivity contribution in [1.82, 2.24) is 15.6 Å². The number of para-hydroxylation sites is 1. The normalized spacial score (nSPS) is 14.5. The van der Waals surface area contributed by atoms with E-state index in [2.05, 4.69) is 15.6 Å². The molecule has 0 spiro atoms. The molecule has 0 bridgehead atoms. The molecular weight excluding hydrogens is 674 g/mol. The standard InChI is InChI=1S/C35H28F2N4O8S/c1-38-33(42)30-23-14-22(19-9-12-27(46-2)24(13-19)34-40-31-25(37)5-4-6-28(31)49-34)26(41(50(3,44)45)16-21-17-47-35(43)39-21)15-29(23)48-32(30)18-7-10-20(36)11-8-18/h4-15,21H,16-17H2,1-3H3,(H,38,42)(H,39,43). The second-order valence-electron chi connectivity index (χ2n) is 11.5. The number of anilines is 1. The first-order valence-corrected chi connectivity index (χ1v) is 17.0. The lowest BCUT2D eigenvalue weighted by Gasteiger charge is -2.27. The van der Waals surface area contributed by atoms with Gasteiger partial charge in [0.2, 0.25) is 15.9 Å². The first-order chi connectivity index (χ1) is 23.9. The second kappa shape index (κ2) is 12.5. The molecule has 1 saturated heterocycles. The number of ether oxygens (including phenoxy) is 2. The van der Waals surface area contributed by atoms with E-state index in [0.29, 0.717) is 33.4 Å². The summed E-state index contributed by atoms with van der Waals surface area (Å²) in [5, 5.41) is 5.55. The minimum atomic E-state index is -4.03. The highest BCUT2D eigenvalue weighted by molar-refractivity contribution is 7.92. The fraction of sp³-hybridized carbons (Fsp3) is 0.171. The van der Waals surface area contributed by atoms with Gasteiger partial charge in [-0.1, -0.05) is 12.1 Å². The summed E-state index contributed by atoms with van der Waals surface area (Å²) in [5.74, 6) is -1.05. The lowest BCUT2D eigenvalue weighted by atomic mass is 9.96. The quantitative estimate of drug-likeness (QED) is 0.182. The van der Waals surface area contributed by atoms with Crippen LogP contribution >= 0.6 is 0 Å². The highest BCUT2D eigenvalue weighted by atomic mass is 32.2. The Kier molecular flexibility index (Phi) is 8.14. The maximum Gasteiger partial charge on any atom is 0.407 e. The van der Waals surface area contributed by atoms with Gasteiger partial charge in [0.15, 0.2) is 11.4 Å². The Hall–Kier alpha value is -5.96. The van der Waals surface area contributed by atoms with Crippen molar-refractivity contribution in [2.45, 2.75) is 6.04 Å². The van der Waals surface area contributed by atoms with Gasteiger partial charge >= 0.3 is 6.09 Å². The SMILES string of the molecule is CNC(=O)c1c(-c2ccc(F)cc2)oc2cc(N(CC3COC(=O)N3)S(C)(=O)=O)c(-c3ccc(OC)c(-c4nc5c(F)cccc5o4)c3)cc12. The van der Waals surface area contributed by atoms with Gasteiger partial charge in [-0.3, -0.25) is 9.10 Å². The van der Waals surface area contributed by atoms with Gasteiger partial charge in [-0.05, 0) is 60.2 Å². The molecule has 12 nitrogen and oxygen atoms in total. The molecule has 4 aromatic carbocycles. The summed E-state index contributed by atoms with van der Waals surface area (Å²) >= 11 is 0. The fourth-order valence-corrected chi connectivity index (χ4v) is 6.89. The molecule has 3 heterocycles. The number of rotatable bonds is 9. The molecule has 0 aliphatic carbocycles. The number of aromatic nitrogens is 1. The van der Waals surface area contributed by atoms with Crippen LogP contribution in [0.4, 0.5) is 19.3 Å². The first kappa shape index (κ1) is 32.6. The molecule has 2 N–H and O–H groups in total. The average Bonchev–Trinajstić information content (AvgIpc) is 3.83. The number of halogens is 2. The molecule has 6 aromatic rings. The number of furan rings is 1. The van der Waals surface area contributed by atoms with Gasteiger partial charge in [0.1, 0.15) is 35.0 Å². The van der Waals surface area contributed by atoms with Crippen molar-refractivity contribution >= 4 is 49.8 Å². The molecule has 0 saturated carbocycles. The third-order valence-corrected chi connectivity index (χ3v) is 9.42.